The number of nitrogens with zero attached hydrogens (tertiary/aromatic N) is 1. The number of ether oxygens (including phenoxy) is 1. The first-order valence-electron chi connectivity index (χ1n) is 9.23. The molecular weight excluding hydrogens is 376 g/mol. The second-order valence-corrected chi connectivity index (χ2v) is 8.59. The standard InChI is InChI=1S/C21H28N2O4S/c1-7-23(8-2)28(25,26)19-13-17(9-10-18(19)27-6)21(24)22-20-15(4)11-14(3)12-16(20)5/h9-13H,7-8H2,1-6H3,(H,22,24). The lowest BCUT2D eigenvalue weighted by molar-refractivity contribution is 0.102. The van der Waals surface area contributed by atoms with Gasteiger partial charge in [0.05, 0.1) is 7.11 Å². The average molecular weight is 405 g/mol. The van der Waals surface area contributed by atoms with Crippen molar-refractivity contribution in [3.05, 3.63) is 52.6 Å². The van der Waals surface area contributed by atoms with Gasteiger partial charge >= 0.3 is 0 Å². The Morgan fingerprint density at radius 3 is 2.11 bits per heavy atom. The molecule has 0 bridgehead atoms. The summed E-state index contributed by atoms with van der Waals surface area (Å²) in [5.41, 5.74) is 4.02. The van der Waals surface area contributed by atoms with E-state index in [1.54, 1.807) is 19.9 Å². The molecule has 2 rings (SSSR count). The molecule has 0 heterocycles. The van der Waals surface area contributed by atoms with Crippen molar-refractivity contribution in [3.8, 4) is 5.75 Å². The van der Waals surface area contributed by atoms with Crippen LogP contribution in [-0.2, 0) is 10.0 Å². The molecule has 0 aliphatic carbocycles. The Kier molecular flexibility index (Phi) is 6.85. The van der Waals surface area contributed by atoms with Gasteiger partial charge < -0.3 is 10.1 Å². The van der Waals surface area contributed by atoms with Gasteiger partial charge in [-0.1, -0.05) is 31.5 Å². The highest BCUT2D eigenvalue weighted by Gasteiger charge is 2.27. The lowest BCUT2D eigenvalue weighted by Gasteiger charge is -2.20. The Hall–Kier alpha value is -2.38. The summed E-state index contributed by atoms with van der Waals surface area (Å²) >= 11 is 0. The van der Waals surface area contributed by atoms with Crippen molar-refractivity contribution in [2.24, 2.45) is 0 Å². The molecule has 2 aromatic rings. The molecule has 7 heteroatoms. The highest BCUT2D eigenvalue weighted by Crippen LogP contribution is 2.29. The van der Waals surface area contributed by atoms with Crippen LogP contribution in [0.25, 0.3) is 0 Å². The third-order valence-electron chi connectivity index (χ3n) is 4.66. The minimum atomic E-state index is -3.77. The zero-order valence-corrected chi connectivity index (χ0v) is 18.1. The van der Waals surface area contributed by atoms with Crippen LogP contribution in [0.1, 0.15) is 40.9 Å². The van der Waals surface area contributed by atoms with Crippen molar-refractivity contribution in [3.63, 3.8) is 0 Å². The number of amides is 1. The summed E-state index contributed by atoms with van der Waals surface area (Å²) in [5.74, 6) is -0.153. The number of sulfonamides is 1. The van der Waals surface area contributed by atoms with E-state index < -0.39 is 10.0 Å². The van der Waals surface area contributed by atoms with Gasteiger partial charge in [-0.2, -0.15) is 4.31 Å². The molecule has 6 nitrogen and oxygen atoms in total. The fourth-order valence-electron chi connectivity index (χ4n) is 3.29. The van der Waals surface area contributed by atoms with Crippen molar-refractivity contribution in [1.29, 1.82) is 0 Å². The molecule has 2 aromatic carbocycles. The van der Waals surface area contributed by atoms with Gasteiger partial charge in [0, 0.05) is 24.3 Å². The Morgan fingerprint density at radius 1 is 1.04 bits per heavy atom. The molecule has 1 N–H and O–H groups in total. The molecule has 0 aromatic heterocycles. The summed E-state index contributed by atoms with van der Waals surface area (Å²) in [4.78, 5) is 12.8. The number of hydrogen-bond acceptors (Lipinski definition) is 4. The Bertz CT molecular complexity index is 957. The molecule has 0 spiro atoms. The van der Waals surface area contributed by atoms with Gasteiger partial charge in [-0.05, 0) is 50.1 Å². The van der Waals surface area contributed by atoms with Crippen LogP contribution in [0.2, 0.25) is 0 Å². The Balaban J connectivity index is 2.47. The largest absolute Gasteiger partial charge is 0.495 e. The van der Waals surface area contributed by atoms with Gasteiger partial charge in [-0.25, -0.2) is 8.42 Å². The van der Waals surface area contributed by atoms with Gasteiger partial charge in [0.15, 0.2) is 0 Å². The number of hydrogen-bond donors (Lipinski definition) is 1. The molecule has 0 saturated heterocycles. The maximum atomic E-state index is 13.0. The van der Waals surface area contributed by atoms with E-state index in [9.17, 15) is 13.2 Å². The molecule has 0 aliphatic rings. The number of rotatable bonds is 7. The number of carbonyl (C=O) groups is 1. The first-order chi connectivity index (χ1) is 13.1. The first-order valence-corrected chi connectivity index (χ1v) is 10.7. The molecule has 0 unspecified atom stereocenters. The van der Waals surface area contributed by atoms with E-state index in [0.717, 1.165) is 22.4 Å². The van der Waals surface area contributed by atoms with E-state index in [0.29, 0.717) is 13.1 Å². The Morgan fingerprint density at radius 2 is 1.61 bits per heavy atom. The van der Waals surface area contributed by atoms with E-state index in [2.05, 4.69) is 5.32 Å². The maximum Gasteiger partial charge on any atom is 0.255 e. The minimum Gasteiger partial charge on any atom is -0.495 e. The van der Waals surface area contributed by atoms with Crippen molar-refractivity contribution in [2.45, 2.75) is 39.5 Å². The minimum absolute atomic E-state index is 0.0105. The predicted octanol–water partition coefficient (Wildman–Crippen LogP) is 3.90. The smallest absolute Gasteiger partial charge is 0.255 e. The zero-order chi connectivity index (χ0) is 21.1. The van der Waals surface area contributed by atoms with E-state index in [1.165, 1.54) is 23.5 Å². The van der Waals surface area contributed by atoms with E-state index in [1.807, 2.05) is 32.9 Å². The SMILES string of the molecule is CCN(CC)S(=O)(=O)c1cc(C(=O)Nc2c(C)cc(C)cc2C)ccc1OC. The van der Waals surface area contributed by atoms with Crippen LogP contribution < -0.4 is 10.1 Å². The molecule has 0 radical (unpaired) electrons. The number of methoxy groups -OCH3 is 1. The summed E-state index contributed by atoms with van der Waals surface area (Å²) in [7, 11) is -2.35. The molecule has 0 fully saturated rings. The molecule has 0 saturated carbocycles. The summed E-state index contributed by atoms with van der Waals surface area (Å²) in [6.07, 6.45) is 0. The third-order valence-corrected chi connectivity index (χ3v) is 6.74. The van der Waals surface area contributed by atoms with Crippen molar-refractivity contribution >= 4 is 21.6 Å². The number of anilines is 1. The summed E-state index contributed by atoms with van der Waals surface area (Å²) in [6, 6.07) is 8.44. The van der Waals surface area contributed by atoms with E-state index in [-0.39, 0.29) is 22.1 Å². The number of benzene rings is 2. The van der Waals surface area contributed by atoms with Crippen LogP contribution in [0.15, 0.2) is 35.2 Å². The van der Waals surface area contributed by atoms with Gasteiger partial charge in [0.25, 0.3) is 5.91 Å². The highest BCUT2D eigenvalue weighted by molar-refractivity contribution is 7.89. The van der Waals surface area contributed by atoms with Crippen LogP contribution in [0.4, 0.5) is 5.69 Å². The van der Waals surface area contributed by atoms with Crippen molar-refractivity contribution in [2.75, 3.05) is 25.5 Å². The number of carbonyl (C=O) groups excluding carboxylic acids is 1. The van der Waals surface area contributed by atoms with Crippen LogP contribution in [0.5, 0.6) is 5.75 Å². The fourth-order valence-corrected chi connectivity index (χ4v) is 4.92. The lowest BCUT2D eigenvalue weighted by atomic mass is 10.0. The normalized spacial score (nSPS) is 11.5. The predicted molar refractivity (Wildman–Crippen MR) is 112 cm³/mol. The number of nitrogens with one attached hydrogen (secondary N) is 1. The molecular formula is C21H28N2O4S. The molecule has 152 valence electrons. The average Bonchev–Trinajstić information content (AvgIpc) is 2.64. The van der Waals surface area contributed by atoms with Crippen LogP contribution in [0.3, 0.4) is 0 Å². The Labute approximate surface area is 167 Å². The fraction of sp³-hybridized carbons (Fsp3) is 0.381. The van der Waals surface area contributed by atoms with E-state index in [4.69, 9.17) is 4.74 Å². The highest BCUT2D eigenvalue weighted by atomic mass is 32.2. The molecule has 0 atom stereocenters. The van der Waals surface area contributed by atoms with Crippen LogP contribution >= 0.6 is 0 Å². The third kappa shape index (κ3) is 4.36. The summed E-state index contributed by atoms with van der Waals surface area (Å²) < 4.78 is 32.5. The number of aryl methyl sites for hydroxylation is 3. The van der Waals surface area contributed by atoms with Gasteiger partial charge in [0.1, 0.15) is 10.6 Å². The maximum absolute atomic E-state index is 13.0. The summed E-state index contributed by atoms with van der Waals surface area (Å²) in [5, 5.41) is 2.91. The quantitative estimate of drug-likeness (QED) is 0.759. The second kappa shape index (κ2) is 8.75. The van der Waals surface area contributed by atoms with Crippen LogP contribution in [-0.4, -0.2) is 38.8 Å². The molecule has 1 amide bonds. The monoisotopic (exact) mass is 404 g/mol. The first kappa shape index (κ1) is 21.9. The van der Waals surface area contributed by atoms with Crippen molar-refractivity contribution in [1.82, 2.24) is 4.31 Å². The van der Waals surface area contributed by atoms with Crippen molar-refractivity contribution < 1.29 is 17.9 Å². The van der Waals surface area contributed by atoms with Gasteiger partial charge in [-0.3, -0.25) is 4.79 Å². The van der Waals surface area contributed by atoms with E-state index >= 15 is 0 Å². The molecule has 0 aliphatic heterocycles. The topological polar surface area (TPSA) is 75.7 Å². The zero-order valence-electron chi connectivity index (χ0n) is 17.3. The van der Waals surface area contributed by atoms with Crippen LogP contribution in [0, 0.1) is 20.8 Å². The lowest BCUT2D eigenvalue weighted by Crippen LogP contribution is -2.31. The summed E-state index contributed by atoms with van der Waals surface area (Å²) in [6.45, 7) is 10.1. The second-order valence-electron chi connectivity index (χ2n) is 6.68. The molecule has 28 heavy (non-hydrogen) atoms. The van der Waals surface area contributed by atoms with Gasteiger partial charge in [0.2, 0.25) is 10.0 Å². The van der Waals surface area contributed by atoms with Gasteiger partial charge in [-0.15, -0.1) is 0 Å².